The Hall–Kier alpha value is -1.05. The largest absolute Gasteiger partial charge is 0.461 e. The fourth-order valence-electron chi connectivity index (χ4n) is 1.50. The number of ketones is 1. The third-order valence-electron chi connectivity index (χ3n) is 2.38. The van der Waals surface area contributed by atoms with Gasteiger partial charge in [0.15, 0.2) is 11.5 Å². The Morgan fingerprint density at radius 3 is 2.60 bits per heavy atom. The molecule has 0 amide bonds. The van der Waals surface area contributed by atoms with Gasteiger partial charge in [-0.2, -0.15) is 0 Å². The van der Waals surface area contributed by atoms with Crippen molar-refractivity contribution < 1.29 is 9.21 Å². The topological polar surface area (TPSA) is 30.2 Å². The molecule has 0 unspecified atom stereocenters. The molecule has 1 aromatic rings. The highest BCUT2D eigenvalue weighted by Gasteiger charge is 2.11. The molecule has 0 fully saturated rings. The molecule has 0 saturated heterocycles. The maximum absolute atomic E-state index is 11.5. The van der Waals surface area contributed by atoms with Crippen molar-refractivity contribution in [1.29, 1.82) is 0 Å². The summed E-state index contributed by atoms with van der Waals surface area (Å²) in [5, 5.41) is 0. The summed E-state index contributed by atoms with van der Waals surface area (Å²) < 4.78 is 5.04. The number of rotatable bonds is 5. The van der Waals surface area contributed by atoms with Crippen molar-refractivity contribution in [3.8, 4) is 0 Å². The minimum absolute atomic E-state index is 0.119. The van der Waals surface area contributed by atoms with Gasteiger partial charge in [-0.15, -0.1) is 0 Å². The second kappa shape index (κ2) is 5.15. The first-order chi connectivity index (χ1) is 6.99. The molecule has 1 aromatic heterocycles. The summed E-state index contributed by atoms with van der Waals surface area (Å²) in [4.78, 5) is 11.5. The van der Waals surface area contributed by atoms with E-state index in [1.165, 1.54) is 6.42 Å². The van der Waals surface area contributed by atoms with Crippen LogP contribution in [0, 0.1) is 5.41 Å². The fraction of sp³-hybridized carbons (Fsp3) is 0.615. The molecule has 0 aliphatic rings. The minimum Gasteiger partial charge on any atom is -0.461 e. The van der Waals surface area contributed by atoms with Gasteiger partial charge in [0, 0.05) is 6.42 Å². The van der Waals surface area contributed by atoms with Gasteiger partial charge in [-0.05, 0) is 30.4 Å². The third-order valence-corrected chi connectivity index (χ3v) is 2.38. The number of Topliss-reactive ketones (excluding diaryl/α,β-unsaturated/α-hetero) is 1. The van der Waals surface area contributed by atoms with E-state index in [2.05, 4.69) is 20.8 Å². The lowest BCUT2D eigenvalue weighted by atomic mass is 9.89. The van der Waals surface area contributed by atoms with Crippen LogP contribution in [0.1, 0.15) is 57.0 Å². The molecule has 0 radical (unpaired) electrons. The Balaban J connectivity index is 2.19. The summed E-state index contributed by atoms with van der Waals surface area (Å²) in [6.45, 7) is 6.67. The number of hydrogen-bond donors (Lipinski definition) is 0. The van der Waals surface area contributed by atoms with Crippen LogP contribution in [0.4, 0.5) is 0 Å². The summed E-state index contributed by atoms with van der Waals surface area (Å²) in [5.74, 6) is 0.611. The van der Waals surface area contributed by atoms with E-state index < -0.39 is 0 Å². The molecule has 0 spiro atoms. The van der Waals surface area contributed by atoms with Crippen molar-refractivity contribution >= 4 is 5.78 Å². The van der Waals surface area contributed by atoms with Gasteiger partial charge >= 0.3 is 0 Å². The van der Waals surface area contributed by atoms with Gasteiger partial charge in [0.25, 0.3) is 0 Å². The predicted octanol–water partition coefficient (Wildman–Crippen LogP) is 4.07. The minimum atomic E-state index is 0.119. The zero-order valence-corrected chi connectivity index (χ0v) is 9.88. The maximum atomic E-state index is 11.5. The highest BCUT2D eigenvalue weighted by molar-refractivity contribution is 5.93. The molecule has 2 heteroatoms. The predicted molar refractivity (Wildman–Crippen MR) is 61.0 cm³/mol. The average Bonchev–Trinajstić information content (AvgIpc) is 2.63. The summed E-state index contributed by atoms with van der Waals surface area (Å²) in [7, 11) is 0. The van der Waals surface area contributed by atoms with Gasteiger partial charge in [0.05, 0.1) is 6.26 Å². The molecule has 0 atom stereocenters. The van der Waals surface area contributed by atoms with E-state index in [9.17, 15) is 4.79 Å². The smallest absolute Gasteiger partial charge is 0.197 e. The van der Waals surface area contributed by atoms with Crippen LogP contribution in [0.15, 0.2) is 22.8 Å². The molecule has 15 heavy (non-hydrogen) atoms. The van der Waals surface area contributed by atoms with Gasteiger partial charge in [0.2, 0.25) is 0 Å². The Morgan fingerprint density at radius 1 is 1.33 bits per heavy atom. The fourth-order valence-corrected chi connectivity index (χ4v) is 1.50. The summed E-state index contributed by atoms with van der Waals surface area (Å²) in [5.41, 5.74) is 0.369. The number of unbranched alkanes of at least 4 members (excludes halogenated alkanes) is 1. The Morgan fingerprint density at radius 2 is 2.07 bits per heavy atom. The van der Waals surface area contributed by atoms with E-state index in [1.807, 2.05) is 0 Å². The van der Waals surface area contributed by atoms with Crippen LogP contribution in [0.2, 0.25) is 0 Å². The summed E-state index contributed by atoms with van der Waals surface area (Å²) in [6.07, 6.45) is 5.37. The van der Waals surface area contributed by atoms with Crippen LogP contribution in [-0.4, -0.2) is 5.78 Å². The molecule has 0 aromatic carbocycles. The molecule has 84 valence electrons. The molecular weight excluding hydrogens is 188 g/mol. The lowest BCUT2D eigenvalue weighted by molar-refractivity contribution is 0.0951. The standard InChI is InChI=1S/C13H20O2/c1-13(2,3)9-5-4-7-11(14)12-8-6-10-15-12/h6,8,10H,4-5,7,9H2,1-3H3. The molecule has 2 nitrogen and oxygen atoms in total. The summed E-state index contributed by atoms with van der Waals surface area (Å²) in [6, 6.07) is 3.48. The van der Waals surface area contributed by atoms with Crippen molar-refractivity contribution in [2.75, 3.05) is 0 Å². The molecule has 1 rings (SSSR count). The first-order valence-electron chi connectivity index (χ1n) is 5.56. The zero-order valence-electron chi connectivity index (χ0n) is 9.88. The monoisotopic (exact) mass is 208 g/mol. The summed E-state index contributed by atoms with van der Waals surface area (Å²) >= 11 is 0. The van der Waals surface area contributed by atoms with Crippen LogP contribution < -0.4 is 0 Å². The average molecular weight is 208 g/mol. The molecule has 0 saturated carbocycles. The quantitative estimate of drug-likeness (QED) is 0.539. The number of carbonyl (C=O) groups excluding carboxylic acids is 1. The first-order valence-corrected chi connectivity index (χ1v) is 5.56. The van der Waals surface area contributed by atoms with Crippen LogP contribution >= 0.6 is 0 Å². The third kappa shape index (κ3) is 4.82. The Kier molecular flexibility index (Phi) is 4.13. The van der Waals surface area contributed by atoms with E-state index in [1.54, 1.807) is 18.4 Å². The van der Waals surface area contributed by atoms with E-state index in [-0.39, 0.29) is 5.78 Å². The van der Waals surface area contributed by atoms with Crippen LogP contribution in [0.25, 0.3) is 0 Å². The Bertz CT molecular complexity index is 291. The van der Waals surface area contributed by atoms with Crippen molar-refractivity contribution in [2.24, 2.45) is 5.41 Å². The van der Waals surface area contributed by atoms with Crippen molar-refractivity contribution in [2.45, 2.75) is 46.5 Å². The molecule has 0 bridgehead atoms. The lowest BCUT2D eigenvalue weighted by Crippen LogP contribution is -2.05. The van der Waals surface area contributed by atoms with Crippen LogP contribution in [0.3, 0.4) is 0 Å². The van der Waals surface area contributed by atoms with Gasteiger partial charge in [-0.1, -0.05) is 27.2 Å². The van der Waals surface area contributed by atoms with Gasteiger partial charge < -0.3 is 4.42 Å². The van der Waals surface area contributed by atoms with Gasteiger partial charge in [-0.25, -0.2) is 0 Å². The van der Waals surface area contributed by atoms with E-state index in [4.69, 9.17) is 4.42 Å². The highest BCUT2D eigenvalue weighted by Crippen LogP contribution is 2.22. The SMILES string of the molecule is CC(C)(C)CCCCC(=O)c1ccco1. The van der Waals surface area contributed by atoms with E-state index in [0.717, 1.165) is 12.8 Å². The van der Waals surface area contributed by atoms with E-state index in [0.29, 0.717) is 17.6 Å². The van der Waals surface area contributed by atoms with E-state index >= 15 is 0 Å². The molecule has 1 heterocycles. The maximum Gasteiger partial charge on any atom is 0.197 e. The van der Waals surface area contributed by atoms with Crippen molar-refractivity contribution in [1.82, 2.24) is 0 Å². The molecule has 0 N–H and O–H groups in total. The molecule has 0 aliphatic carbocycles. The number of carbonyl (C=O) groups is 1. The van der Waals surface area contributed by atoms with Crippen molar-refractivity contribution in [3.63, 3.8) is 0 Å². The number of furan rings is 1. The lowest BCUT2D eigenvalue weighted by Gasteiger charge is -2.17. The highest BCUT2D eigenvalue weighted by atomic mass is 16.3. The van der Waals surface area contributed by atoms with Crippen LogP contribution in [-0.2, 0) is 0 Å². The molecule has 0 aliphatic heterocycles. The zero-order chi connectivity index (χ0) is 11.3. The Labute approximate surface area is 91.7 Å². The van der Waals surface area contributed by atoms with Gasteiger partial charge in [-0.3, -0.25) is 4.79 Å². The molecular formula is C13H20O2. The van der Waals surface area contributed by atoms with Gasteiger partial charge in [0.1, 0.15) is 0 Å². The van der Waals surface area contributed by atoms with Crippen molar-refractivity contribution in [3.05, 3.63) is 24.2 Å². The normalized spacial score (nSPS) is 11.7. The second-order valence-corrected chi connectivity index (χ2v) is 5.17. The second-order valence-electron chi connectivity index (χ2n) is 5.17. The number of hydrogen-bond acceptors (Lipinski definition) is 2. The first kappa shape index (κ1) is 12.0. The van der Waals surface area contributed by atoms with Crippen LogP contribution in [0.5, 0.6) is 0 Å².